The van der Waals surface area contributed by atoms with Gasteiger partial charge in [-0.1, -0.05) is 24.3 Å². The number of rotatable bonds is 2. The second-order valence-electron chi connectivity index (χ2n) is 5.59. The third-order valence-electron chi connectivity index (χ3n) is 4.11. The number of phenols is 1. The van der Waals surface area contributed by atoms with Crippen LogP contribution in [0.3, 0.4) is 0 Å². The van der Waals surface area contributed by atoms with Crippen LogP contribution in [0.25, 0.3) is 22.5 Å². The van der Waals surface area contributed by atoms with E-state index in [-0.39, 0.29) is 17.3 Å². The second kappa shape index (κ2) is 5.69. The Kier molecular flexibility index (Phi) is 3.50. The summed E-state index contributed by atoms with van der Waals surface area (Å²) >= 11 is 1.52. The van der Waals surface area contributed by atoms with Crippen LogP contribution in [0.5, 0.6) is 5.75 Å². The Morgan fingerprint density at radius 3 is 2.29 bits per heavy atom. The average Bonchev–Trinajstić information content (AvgIpc) is 3.02. The van der Waals surface area contributed by atoms with E-state index in [4.69, 9.17) is 0 Å². The van der Waals surface area contributed by atoms with E-state index < -0.39 is 0 Å². The van der Waals surface area contributed by atoms with Crippen molar-refractivity contribution in [1.29, 1.82) is 0 Å². The molecule has 0 atom stereocenters. The van der Waals surface area contributed by atoms with Gasteiger partial charge in [-0.25, -0.2) is 4.39 Å². The van der Waals surface area contributed by atoms with Crippen molar-refractivity contribution < 1.29 is 14.6 Å². The smallest absolute Gasteiger partial charge is 0.131 e. The number of aromatic hydroxyl groups is 1. The van der Waals surface area contributed by atoms with E-state index in [9.17, 15) is 14.6 Å². The minimum absolute atomic E-state index is 0.186. The van der Waals surface area contributed by atoms with Gasteiger partial charge in [0.2, 0.25) is 0 Å². The molecule has 5 heteroatoms. The summed E-state index contributed by atoms with van der Waals surface area (Å²) in [7, 11) is 0. The molecule has 0 saturated carbocycles. The number of nitrogens with one attached hydrogen (secondary N) is 1. The number of phenolic OH excluding ortho intramolecular Hbond substituents is 1. The molecule has 3 N–H and O–H groups in total. The maximum absolute atomic E-state index is 13.2. The van der Waals surface area contributed by atoms with Crippen LogP contribution in [0.1, 0.15) is 11.1 Å². The lowest BCUT2D eigenvalue weighted by molar-refractivity contribution is 0.475. The molecule has 3 nitrogen and oxygen atoms in total. The van der Waals surface area contributed by atoms with E-state index in [2.05, 4.69) is 5.32 Å². The third-order valence-corrected chi connectivity index (χ3v) is 5.05. The molecule has 0 radical (unpaired) electrons. The minimum atomic E-state index is -0.287. The van der Waals surface area contributed by atoms with Crippen LogP contribution in [0.15, 0.2) is 53.9 Å². The van der Waals surface area contributed by atoms with E-state index >= 15 is 0 Å². The van der Waals surface area contributed by atoms with Crippen LogP contribution >= 0.6 is 11.3 Å². The average molecular weight is 339 g/mol. The molecule has 4 rings (SSSR count). The van der Waals surface area contributed by atoms with E-state index in [1.54, 1.807) is 36.4 Å². The maximum Gasteiger partial charge on any atom is 0.131 e. The van der Waals surface area contributed by atoms with E-state index in [0.717, 1.165) is 32.8 Å². The molecular weight excluding hydrogens is 325 g/mol. The van der Waals surface area contributed by atoms with Crippen LogP contribution < -0.4 is 5.32 Å². The summed E-state index contributed by atoms with van der Waals surface area (Å²) in [6.45, 7) is 0.507. The molecular formula is C19H14FNO2S. The summed E-state index contributed by atoms with van der Waals surface area (Å²) in [6, 6.07) is 13.0. The summed E-state index contributed by atoms with van der Waals surface area (Å²) in [6.07, 6.45) is 0. The van der Waals surface area contributed by atoms with Gasteiger partial charge in [0.05, 0.1) is 5.56 Å². The molecule has 1 aliphatic rings. The molecule has 0 saturated heterocycles. The molecule has 2 heterocycles. The van der Waals surface area contributed by atoms with Crippen molar-refractivity contribution in [2.45, 2.75) is 0 Å². The van der Waals surface area contributed by atoms with Gasteiger partial charge < -0.3 is 15.5 Å². The molecule has 24 heavy (non-hydrogen) atoms. The van der Waals surface area contributed by atoms with Gasteiger partial charge in [-0.3, -0.25) is 0 Å². The molecule has 0 unspecified atom stereocenters. The van der Waals surface area contributed by atoms with E-state index in [0.29, 0.717) is 6.54 Å². The predicted molar refractivity (Wildman–Crippen MR) is 95.8 cm³/mol. The number of aliphatic hydroxyl groups excluding tert-OH is 1. The van der Waals surface area contributed by atoms with Gasteiger partial charge in [0, 0.05) is 23.1 Å². The highest BCUT2D eigenvalue weighted by molar-refractivity contribution is 7.15. The first-order valence-electron chi connectivity index (χ1n) is 7.46. The van der Waals surface area contributed by atoms with Crippen molar-refractivity contribution in [3.63, 3.8) is 0 Å². The molecule has 0 bridgehead atoms. The number of hydrogen-bond acceptors (Lipinski definition) is 4. The zero-order valence-corrected chi connectivity index (χ0v) is 13.4. The third kappa shape index (κ3) is 2.43. The summed E-state index contributed by atoms with van der Waals surface area (Å²) in [5.41, 5.74) is 4.08. The highest BCUT2D eigenvalue weighted by atomic mass is 32.1. The SMILES string of the molecule is OC1=C(c2ccc(O)cc2)CNc2scc(-c3ccc(F)cc3)c21. The quantitative estimate of drug-likeness (QED) is 0.608. The number of benzene rings is 2. The Labute approximate surface area is 142 Å². The highest BCUT2D eigenvalue weighted by Gasteiger charge is 2.24. The van der Waals surface area contributed by atoms with Crippen molar-refractivity contribution in [3.05, 3.63) is 70.9 Å². The fourth-order valence-electron chi connectivity index (χ4n) is 2.87. The number of aliphatic hydroxyl groups is 1. The van der Waals surface area contributed by atoms with E-state index in [1.165, 1.54) is 23.5 Å². The Hall–Kier alpha value is -2.79. The summed E-state index contributed by atoms with van der Waals surface area (Å²) < 4.78 is 13.2. The van der Waals surface area contributed by atoms with Gasteiger partial charge in [0.15, 0.2) is 0 Å². The Morgan fingerprint density at radius 2 is 1.58 bits per heavy atom. The first-order chi connectivity index (χ1) is 11.6. The number of anilines is 1. The van der Waals surface area contributed by atoms with Crippen molar-refractivity contribution in [1.82, 2.24) is 0 Å². The molecule has 0 amide bonds. The first kappa shape index (κ1) is 14.8. The lowest BCUT2D eigenvalue weighted by Gasteiger charge is -2.20. The van der Waals surface area contributed by atoms with Crippen molar-refractivity contribution in [2.75, 3.05) is 11.9 Å². The van der Waals surface area contributed by atoms with Gasteiger partial charge >= 0.3 is 0 Å². The molecule has 2 aromatic carbocycles. The zero-order chi connectivity index (χ0) is 16.7. The van der Waals surface area contributed by atoms with Crippen LogP contribution in [0.2, 0.25) is 0 Å². The Bertz CT molecular complexity index is 927. The van der Waals surface area contributed by atoms with Crippen LogP contribution in [0, 0.1) is 5.82 Å². The largest absolute Gasteiger partial charge is 0.508 e. The lowest BCUT2D eigenvalue weighted by Crippen LogP contribution is -2.12. The normalized spacial score (nSPS) is 13.5. The number of thiophene rings is 1. The second-order valence-corrected chi connectivity index (χ2v) is 6.47. The molecule has 0 fully saturated rings. The molecule has 120 valence electrons. The van der Waals surface area contributed by atoms with Gasteiger partial charge in [-0.2, -0.15) is 0 Å². The van der Waals surface area contributed by atoms with E-state index in [1.807, 2.05) is 5.38 Å². The monoisotopic (exact) mass is 339 g/mol. The molecule has 0 aliphatic carbocycles. The topological polar surface area (TPSA) is 52.5 Å². The fraction of sp³-hybridized carbons (Fsp3) is 0.0526. The maximum atomic E-state index is 13.2. The summed E-state index contributed by atoms with van der Waals surface area (Å²) in [5, 5.41) is 26.5. The van der Waals surface area contributed by atoms with Crippen LogP contribution in [0.4, 0.5) is 9.39 Å². The molecule has 3 aromatic rings. The Morgan fingerprint density at radius 1 is 0.917 bits per heavy atom. The summed E-state index contributed by atoms with van der Waals surface area (Å²) in [5.74, 6) is 0.117. The molecule has 1 aromatic heterocycles. The van der Waals surface area contributed by atoms with Crippen molar-refractivity contribution >= 4 is 27.7 Å². The van der Waals surface area contributed by atoms with Crippen molar-refractivity contribution in [3.8, 4) is 16.9 Å². The number of halogens is 1. The minimum Gasteiger partial charge on any atom is -0.508 e. The molecule has 0 spiro atoms. The Balaban J connectivity index is 1.84. The van der Waals surface area contributed by atoms with Crippen LogP contribution in [-0.4, -0.2) is 16.8 Å². The van der Waals surface area contributed by atoms with Crippen LogP contribution in [-0.2, 0) is 0 Å². The summed E-state index contributed by atoms with van der Waals surface area (Å²) in [4.78, 5) is 0. The number of fused-ring (bicyclic) bond motifs is 1. The zero-order valence-electron chi connectivity index (χ0n) is 12.6. The van der Waals surface area contributed by atoms with Gasteiger partial charge in [0.25, 0.3) is 0 Å². The highest BCUT2D eigenvalue weighted by Crippen LogP contribution is 2.44. The number of hydrogen-bond donors (Lipinski definition) is 3. The lowest BCUT2D eigenvalue weighted by atomic mass is 9.95. The van der Waals surface area contributed by atoms with Crippen molar-refractivity contribution in [2.24, 2.45) is 0 Å². The van der Waals surface area contributed by atoms with Gasteiger partial charge in [0.1, 0.15) is 22.3 Å². The van der Waals surface area contributed by atoms with Gasteiger partial charge in [-0.05, 0) is 35.4 Å². The predicted octanol–water partition coefficient (Wildman–Crippen LogP) is 5.11. The molecule has 1 aliphatic heterocycles. The first-order valence-corrected chi connectivity index (χ1v) is 8.34. The fourth-order valence-corrected chi connectivity index (χ4v) is 3.84. The van der Waals surface area contributed by atoms with Gasteiger partial charge in [-0.15, -0.1) is 11.3 Å². The standard InChI is InChI=1S/C19H14FNO2S/c20-13-5-1-12(2-6-13)16-10-24-19-17(16)18(23)15(9-21-19)11-3-7-14(22)8-4-11/h1-8,10,21-23H,9H2.